The van der Waals surface area contributed by atoms with Crippen LogP contribution in [-0.2, 0) is 22.4 Å². The number of rotatable bonds is 14. The van der Waals surface area contributed by atoms with Gasteiger partial charge in [0.05, 0.1) is 54.2 Å². The molecule has 0 aromatic heterocycles. The average Bonchev–Trinajstić information content (AvgIpc) is 3.54. The van der Waals surface area contributed by atoms with E-state index in [1.165, 1.54) is 6.20 Å². The number of carbonyl (C=O) groups excluding carboxylic acids is 1. The third-order valence-electron chi connectivity index (χ3n) is 7.39. The molecule has 1 aliphatic rings. The standard InChI is InChI=1S/C34H41NO8/c1-6-15-42-33-24(13-10-14-35(37)32(36)16-23-11-8-7-9-12-23)17-25(18-29(33)38-2)27-21-28(43-22-27)26-19-30(39-3)34(41-5)31(20-26)40-4/h7-12,14,17-20,27-28,37H,6,13,15-16,21-22H2,1-5H3/b14-10+. The van der Waals surface area contributed by atoms with Crippen molar-refractivity contribution in [3.63, 3.8) is 0 Å². The molecule has 3 aromatic rings. The van der Waals surface area contributed by atoms with Crippen LogP contribution in [-0.4, -0.2) is 57.8 Å². The van der Waals surface area contributed by atoms with Crippen LogP contribution in [0.4, 0.5) is 0 Å². The average molecular weight is 592 g/mol. The topological polar surface area (TPSA) is 95.9 Å². The van der Waals surface area contributed by atoms with Crippen molar-refractivity contribution in [1.82, 2.24) is 5.06 Å². The number of allylic oxidation sites excluding steroid dienone is 1. The van der Waals surface area contributed by atoms with Gasteiger partial charge in [-0.05, 0) is 54.2 Å². The Morgan fingerprint density at radius 1 is 0.930 bits per heavy atom. The third-order valence-corrected chi connectivity index (χ3v) is 7.39. The van der Waals surface area contributed by atoms with Crippen molar-refractivity contribution in [2.45, 2.75) is 44.6 Å². The summed E-state index contributed by atoms with van der Waals surface area (Å²) in [4.78, 5) is 12.5. The molecule has 1 amide bonds. The minimum atomic E-state index is -0.419. The first-order valence-electron chi connectivity index (χ1n) is 14.4. The number of methoxy groups -OCH3 is 4. The monoisotopic (exact) mass is 591 g/mol. The van der Waals surface area contributed by atoms with Crippen LogP contribution < -0.4 is 23.7 Å². The van der Waals surface area contributed by atoms with E-state index in [4.69, 9.17) is 28.4 Å². The first-order chi connectivity index (χ1) is 20.9. The van der Waals surface area contributed by atoms with Crippen molar-refractivity contribution < 1.29 is 38.4 Å². The van der Waals surface area contributed by atoms with Crippen molar-refractivity contribution in [3.8, 4) is 28.7 Å². The van der Waals surface area contributed by atoms with Crippen molar-refractivity contribution in [3.05, 3.63) is 89.1 Å². The molecular formula is C34H41NO8. The lowest BCUT2D eigenvalue weighted by Crippen LogP contribution is -2.23. The minimum absolute atomic E-state index is 0.0998. The lowest BCUT2D eigenvalue weighted by atomic mass is 9.91. The molecule has 9 heteroatoms. The molecule has 230 valence electrons. The smallest absolute Gasteiger partial charge is 0.254 e. The maximum atomic E-state index is 12.5. The number of ether oxygens (including phenoxy) is 6. The second kappa shape index (κ2) is 15.3. The summed E-state index contributed by atoms with van der Waals surface area (Å²) in [7, 11) is 6.40. The summed E-state index contributed by atoms with van der Waals surface area (Å²) in [6.07, 6.45) is 5.06. The Morgan fingerprint density at radius 2 is 1.58 bits per heavy atom. The van der Waals surface area contributed by atoms with E-state index in [-0.39, 0.29) is 18.4 Å². The molecule has 1 N–H and O–H groups in total. The second-order valence-electron chi connectivity index (χ2n) is 10.3. The van der Waals surface area contributed by atoms with E-state index in [1.54, 1.807) is 34.5 Å². The quantitative estimate of drug-likeness (QED) is 0.173. The zero-order valence-corrected chi connectivity index (χ0v) is 25.5. The fraction of sp³-hybridized carbons (Fsp3) is 0.382. The number of hydroxylamine groups is 2. The second-order valence-corrected chi connectivity index (χ2v) is 10.3. The Morgan fingerprint density at radius 3 is 2.21 bits per heavy atom. The fourth-order valence-corrected chi connectivity index (χ4v) is 5.18. The van der Waals surface area contributed by atoms with Gasteiger partial charge in [-0.25, -0.2) is 0 Å². The largest absolute Gasteiger partial charge is 0.493 e. The Balaban J connectivity index is 1.54. The van der Waals surface area contributed by atoms with Gasteiger partial charge in [0, 0.05) is 17.7 Å². The van der Waals surface area contributed by atoms with E-state index in [9.17, 15) is 10.0 Å². The predicted molar refractivity (Wildman–Crippen MR) is 163 cm³/mol. The molecule has 9 nitrogen and oxygen atoms in total. The lowest BCUT2D eigenvalue weighted by Gasteiger charge is -2.19. The molecule has 0 saturated carbocycles. The number of nitrogens with zero attached hydrogens (tertiary/aromatic N) is 1. The molecule has 4 rings (SSSR count). The van der Waals surface area contributed by atoms with Gasteiger partial charge in [-0.1, -0.05) is 49.4 Å². The fourth-order valence-electron chi connectivity index (χ4n) is 5.18. The van der Waals surface area contributed by atoms with Crippen LogP contribution in [0.1, 0.15) is 54.0 Å². The zero-order chi connectivity index (χ0) is 30.8. The Labute approximate surface area is 253 Å². The van der Waals surface area contributed by atoms with Crippen LogP contribution in [0.5, 0.6) is 28.7 Å². The SMILES string of the molecule is CCCOc1c(C/C=C/N(O)C(=O)Cc2ccccc2)cc(C2COC(c3cc(OC)c(OC)c(OC)c3)C2)cc1OC. The highest BCUT2D eigenvalue weighted by atomic mass is 16.5. The van der Waals surface area contributed by atoms with Crippen molar-refractivity contribution >= 4 is 5.91 Å². The Bertz CT molecular complexity index is 1370. The van der Waals surface area contributed by atoms with Crippen LogP contribution in [0.3, 0.4) is 0 Å². The molecule has 1 aliphatic heterocycles. The third kappa shape index (κ3) is 7.80. The summed E-state index contributed by atoms with van der Waals surface area (Å²) in [5.41, 5.74) is 3.72. The van der Waals surface area contributed by atoms with Crippen molar-refractivity contribution in [2.24, 2.45) is 0 Å². The van der Waals surface area contributed by atoms with E-state index < -0.39 is 5.91 Å². The van der Waals surface area contributed by atoms with E-state index >= 15 is 0 Å². The summed E-state index contributed by atoms with van der Waals surface area (Å²) >= 11 is 0. The van der Waals surface area contributed by atoms with Crippen LogP contribution in [0.25, 0.3) is 0 Å². The number of hydrogen-bond acceptors (Lipinski definition) is 8. The van der Waals surface area contributed by atoms with Crippen molar-refractivity contribution in [1.29, 1.82) is 0 Å². The minimum Gasteiger partial charge on any atom is -0.493 e. The van der Waals surface area contributed by atoms with Gasteiger partial charge in [-0.15, -0.1) is 0 Å². The molecule has 2 unspecified atom stereocenters. The van der Waals surface area contributed by atoms with Crippen LogP contribution in [0.2, 0.25) is 0 Å². The van der Waals surface area contributed by atoms with Crippen LogP contribution in [0.15, 0.2) is 66.9 Å². The van der Waals surface area contributed by atoms with Gasteiger partial charge >= 0.3 is 0 Å². The molecule has 0 bridgehead atoms. The summed E-state index contributed by atoms with van der Waals surface area (Å²) in [6.45, 7) is 3.10. The molecule has 1 saturated heterocycles. The van der Waals surface area contributed by atoms with Gasteiger partial charge < -0.3 is 28.4 Å². The number of benzene rings is 3. The van der Waals surface area contributed by atoms with Gasteiger partial charge in [-0.2, -0.15) is 5.06 Å². The van der Waals surface area contributed by atoms with Gasteiger partial charge in [0.2, 0.25) is 5.75 Å². The normalized spacial score (nSPS) is 16.2. The maximum absolute atomic E-state index is 12.5. The van der Waals surface area contributed by atoms with Crippen LogP contribution in [0, 0.1) is 0 Å². The first kappa shape index (κ1) is 31.7. The molecule has 2 atom stereocenters. The number of carbonyl (C=O) groups is 1. The molecular weight excluding hydrogens is 550 g/mol. The van der Waals surface area contributed by atoms with Crippen molar-refractivity contribution in [2.75, 3.05) is 41.7 Å². The first-order valence-corrected chi connectivity index (χ1v) is 14.4. The highest BCUT2D eigenvalue weighted by Gasteiger charge is 2.31. The lowest BCUT2D eigenvalue weighted by molar-refractivity contribution is -0.153. The summed E-state index contributed by atoms with van der Waals surface area (Å²) < 4.78 is 34.7. The molecule has 0 radical (unpaired) electrons. The molecule has 0 aliphatic carbocycles. The van der Waals surface area contributed by atoms with E-state index in [0.717, 1.165) is 35.1 Å². The van der Waals surface area contributed by atoms with Crippen LogP contribution >= 0.6 is 0 Å². The summed E-state index contributed by atoms with van der Waals surface area (Å²) in [5.74, 6) is 2.66. The molecule has 1 heterocycles. The van der Waals surface area contributed by atoms with Gasteiger partial charge in [0.25, 0.3) is 5.91 Å². The summed E-state index contributed by atoms with van der Waals surface area (Å²) in [5, 5.41) is 11.0. The summed E-state index contributed by atoms with van der Waals surface area (Å²) in [6, 6.07) is 17.3. The highest BCUT2D eigenvalue weighted by Crippen LogP contribution is 2.46. The van der Waals surface area contributed by atoms with E-state index in [1.807, 2.05) is 55.5 Å². The highest BCUT2D eigenvalue weighted by molar-refractivity contribution is 5.78. The van der Waals surface area contributed by atoms with E-state index in [0.29, 0.717) is 53.4 Å². The Hall–Kier alpha value is -4.21. The number of hydrogen-bond donors (Lipinski definition) is 1. The molecule has 43 heavy (non-hydrogen) atoms. The molecule has 3 aromatic carbocycles. The maximum Gasteiger partial charge on any atom is 0.254 e. The molecule has 0 spiro atoms. The predicted octanol–water partition coefficient (Wildman–Crippen LogP) is 6.27. The van der Waals surface area contributed by atoms with Gasteiger partial charge in [-0.3, -0.25) is 10.0 Å². The number of amides is 1. The molecule has 1 fully saturated rings. The zero-order valence-electron chi connectivity index (χ0n) is 25.5. The van der Waals surface area contributed by atoms with E-state index in [2.05, 4.69) is 6.07 Å². The Kier molecular flexibility index (Phi) is 11.3. The van der Waals surface area contributed by atoms with Gasteiger partial charge in [0.15, 0.2) is 23.0 Å². The van der Waals surface area contributed by atoms with Gasteiger partial charge in [0.1, 0.15) is 0 Å².